The lowest BCUT2D eigenvalue weighted by molar-refractivity contribution is -0.116. The summed E-state index contributed by atoms with van der Waals surface area (Å²) >= 11 is 3.17. The van der Waals surface area contributed by atoms with Gasteiger partial charge in [-0.05, 0) is 41.8 Å². The van der Waals surface area contributed by atoms with Gasteiger partial charge in [-0.15, -0.1) is 0 Å². The van der Waals surface area contributed by atoms with Gasteiger partial charge < -0.3 is 10.2 Å². The van der Waals surface area contributed by atoms with Gasteiger partial charge in [0.05, 0.1) is 5.69 Å². The van der Waals surface area contributed by atoms with Crippen LogP contribution in [0.4, 0.5) is 20.6 Å². The molecule has 2 aromatic rings. The predicted octanol–water partition coefficient (Wildman–Crippen LogP) is 4.59. The molecule has 27 heavy (non-hydrogen) atoms. The highest BCUT2D eigenvalue weighted by molar-refractivity contribution is 9.10. The molecular weight excluding hydrogens is 413 g/mol. The predicted molar refractivity (Wildman–Crippen MR) is 108 cm³/mol. The molecule has 0 bridgehead atoms. The monoisotopic (exact) mass is 433 g/mol. The Hall–Kier alpha value is -2.41. The summed E-state index contributed by atoms with van der Waals surface area (Å²) in [6.45, 7) is 5.07. The summed E-state index contributed by atoms with van der Waals surface area (Å²) < 4.78 is 14.4. The normalized spacial score (nSPS) is 14.2. The molecule has 1 saturated heterocycles. The van der Waals surface area contributed by atoms with Crippen molar-refractivity contribution in [2.75, 3.05) is 29.9 Å². The van der Waals surface area contributed by atoms with Crippen LogP contribution in [0.5, 0.6) is 0 Å². The first-order valence-electron chi connectivity index (χ1n) is 8.76. The van der Waals surface area contributed by atoms with E-state index < -0.39 is 11.7 Å². The molecule has 1 aliphatic rings. The lowest BCUT2D eigenvalue weighted by atomic mass is 10.0. The molecule has 3 amide bonds. The molecule has 0 aromatic heterocycles. The lowest BCUT2D eigenvalue weighted by Gasteiger charge is -2.19. The summed E-state index contributed by atoms with van der Waals surface area (Å²) in [5.74, 6) is -0.536. The van der Waals surface area contributed by atoms with Crippen LogP contribution in [0.1, 0.15) is 25.3 Å². The van der Waals surface area contributed by atoms with Crippen LogP contribution >= 0.6 is 15.9 Å². The van der Waals surface area contributed by atoms with Crippen LogP contribution in [0.2, 0.25) is 0 Å². The van der Waals surface area contributed by atoms with E-state index in [4.69, 9.17) is 0 Å². The molecule has 0 spiro atoms. The third-order valence-corrected chi connectivity index (χ3v) is 5.00. The molecule has 1 N–H and O–H groups in total. The lowest BCUT2D eigenvalue weighted by Crippen LogP contribution is -2.37. The van der Waals surface area contributed by atoms with Crippen LogP contribution in [-0.4, -0.2) is 36.5 Å². The highest BCUT2D eigenvalue weighted by atomic mass is 79.9. The molecule has 142 valence electrons. The standard InChI is InChI=1S/C20H21BrFN3O2/c1-13(2)14-3-6-16(7-4-14)25-10-9-24(20(25)27)12-19(26)23-18-8-5-15(21)11-17(18)22/h3-8,11,13H,9-10,12H2,1-2H3,(H,23,26). The van der Waals surface area contributed by atoms with Gasteiger partial charge in [-0.2, -0.15) is 0 Å². The second-order valence-electron chi connectivity index (χ2n) is 6.77. The number of benzene rings is 2. The topological polar surface area (TPSA) is 52.6 Å². The summed E-state index contributed by atoms with van der Waals surface area (Å²) in [6, 6.07) is 12.0. The number of nitrogens with zero attached hydrogens (tertiary/aromatic N) is 2. The number of amides is 3. The molecule has 7 heteroatoms. The number of rotatable bonds is 5. The average molecular weight is 434 g/mol. The maximum atomic E-state index is 13.8. The molecule has 5 nitrogen and oxygen atoms in total. The van der Waals surface area contributed by atoms with Crippen molar-refractivity contribution in [2.24, 2.45) is 0 Å². The van der Waals surface area contributed by atoms with Crippen molar-refractivity contribution in [1.29, 1.82) is 0 Å². The zero-order chi connectivity index (χ0) is 19.6. The van der Waals surface area contributed by atoms with Gasteiger partial charge in [-0.1, -0.05) is 41.9 Å². The smallest absolute Gasteiger partial charge is 0.322 e. The molecule has 0 saturated carbocycles. The van der Waals surface area contributed by atoms with Gasteiger partial charge in [0.2, 0.25) is 5.91 Å². The minimum absolute atomic E-state index is 0.0935. The van der Waals surface area contributed by atoms with Crippen LogP contribution in [0, 0.1) is 5.82 Å². The Morgan fingerprint density at radius 2 is 1.89 bits per heavy atom. The Morgan fingerprint density at radius 3 is 2.52 bits per heavy atom. The molecule has 1 heterocycles. The Balaban J connectivity index is 1.62. The van der Waals surface area contributed by atoms with Gasteiger partial charge in [-0.25, -0.2) is 9.18 Å². The fourth-order valence-corrected chi connectivity index (χ4v) is 3.30. The Kier molecular flexibility index (Phi) is 5.79. The van der Waals surface area contributed by atoms with Gasteiger partial charge in [-0.3, -0.25) is 9.69 Å². The van der Waals surface area contributed by atoms with Crippen LogP contribution in [0.15, 0.2) is 46.9 Å². The number of hydrogen-bond acceptors (Lipinski definition) is 2. The maximum Gasteiger partial charge on any atom is 0.325 e. The van der Waals surface area contributed by atoms with Crippen LogP contribution in [0.3, 0.4) is 0 Å². The zero-order valence-corrected chi connectivity index (χ0v) is 16.8. The second kappa shape index (κ2) is 8.08. The first-order valence-corrected chi connectivity index (χ1v) is 9.56. The quantitative estimate of drug-likeness (QED) is 0.749. The summed E-state index contributed by atoms with van der Waals surface area (Å²) in [5.41, 5.74) is 2.11. The van der Waals surface area contributed by atoms with E-state index in [9.17, 15) is 14.0 Å². The van der Waals surface area contributed by atoms with E-state index in [1.807, 2.05) is 24.3 Å². The summed E-state index contributed by atoms with van der Waals surface area (Å²) in [7, 11) is 0. The number of carbonyl (C=O) groups is 2. The third-order valence-electron chi connectivity index (χ3n) is 4.51. The van der Waals surface area contributed by atoms with E-state index in [1.54, 1.807) is 11.0 Å². The van der Waals surface area contributed by atoms with Crippen molar-refractivity contribution >= 4 is 39.2 Å². The number of urea groups is 1. The molecule has 3 rings (SSSR count). The van der Waals surface area contributed by atoms with Crippen molar-refractivity contribution in [3.8, 4) is 0 Å². The summed E-state index contributed by atoms with van der Waals surface area (Å²) in [5, 5.41) is 2.51. The number of hydrogen-bond donors (Lipinski definition) is 1. The Morgan fingerprint density at radius 1 is 1.19 bits per heavy atom. The minimum atomic E-state index is -0.530. The minimum Gasteiger partial charge on any atom is -0.322 e. The van der Waals surface area contributed by atoms with E-state index in [0.717, 1.165) is 5.69 Å². The van der Waals surface area contributed by atoms with Crippen molar-refractivity contribution in [1.82, 2.24) is 4.90 Å². The third kappa shape index (κ3) is 4.47. The fraction of sp³-hybridized carbons (Fsp3) is 0.300. The Bertz CT molecular complexity index is 855. The molecule has 1 fully saturated rings. The molecule has 1 aliphatic heterocycles. The first-order chi connectivity index (χ1) is 12.8. The maximum absolute atomic E-state index is 13.8. The second-order valence-corrected chi connectivity index (χ2v) is 7.69. The summed E-state index contributed by atoms with van der Waals surface area (Å²) in [4.78, 5) is 27.9. The van der Waals surface area contributed by atoms with Crippen LogP contribution < -0.4 is 10.2 Å². The van der Waals surface area contributed by atoms with Crippen molar-refractivity contribution < 1.29 is 14.0 Å². The highest BCUT2D eigenvalue weighted by Gasteiger charge is 2.31. The molecule has 0 radical (unpaired) electrons. The molecule has 0 aliphatic carbocycles. The van der Waals surface area contributed by atoms with Gasteiger partial charge in [0, 0.05) is 23.2 Å². The highest BCUT2D eigenvalue weighted by Crippen LogP contribution is 2.24. The van der Waals surface area contributed by atoms with E-state index >= 15 is 0 Å². The number of nitrogens with one attached hydrogen (secondary N) is 1. The van der Waals surface area contributed by atoms with Crippen LogP contribution in [0.25, 0.3) is 0 Å². The zero-order valence-electron chi connectivity index (χ0n) is 15.2. The molecule has 0 unspecified atom stereocenters. The van der Waals surface area contributed by atoms with Gasteiger partial charge in [0.1, 0.15) is 12.4 Å². The number of carbonyl (C=O) groups excluding carboxylic acids is 2. The summed E-state index contributed by atoms with van der Waals surface area (Å²) in [6.07, 6.45) is 0. The van der Waals surface area contributed by atoms with E-state index in [2.05, 4.69) is 35.1 Å². The first kappa shape index (κ1) is 19.4. The molecule has 0 atom stereocenters. The Labute approximate surface area is 166 Å². The number of anilines is 2. The molecule has 2 aromatic carbocycles. The van der Waals surface area contributed by atoms with Crippen molar-refractivity contribution in [2.45, 2.75) is 19.8 Å². The fourth-order valence-electron chi connectivity index (χ4n) is 2.96. The van der Waals surface area contributed by atoms with E-state index in [0.29, 0.717) is 23.5 Å². The number of halogens is 2. The molecular formula is C20H21BrFN3O2. The van der Waals surface area contributed by atoms with E-state index in [-0.39, 0.29) is 18.3 Å². The van der Waals surface area contributed by atoms with Gasteiger partial charge >= 0.3 is 6.03 Å². The van der Waals surface area contributed by atoms with Crippen molar-refractivity contribution in [3.63, 3.8) is 0 Å². The van der Waals surface area contributed by atoms with Crippen molar-refractivity contribution in [3.05, 3.63) is 58.3 Å². The SMILES string of the molecule is CC(C)c1ccc(N2CCN(CC(=O)Nc3ccc(Br)cc3F)C2=O)cc1. The van der Waals surface area contributed by atoms with E-state index in [1.165, 1.54) is 22.6 Å². The largest absolute Gasteiger partial charge is 0.325 e. The van der Waals surface area contributed by atoms with Gasteiger partial charge in [0.15, 0.2) is 0 Å². The van der Waals surface area contributed by atoms with Crippen LogP contribution in [-0.2, 0) is 4.79 Å². The van der Waals surface area contributed by atoms with Gasteiger partial charge in [0.25, 0.3) is 0 Å². The average Bonchev–Trinajstić information content (AvgIpc) is 2.98.